The van der Waals surface area contributed by atoms with E-state index < -0.39 is 0 Å². The van der Waals surface area contributed by atoms with E-state index in [1.165, 1.54) is 87.2 Å². The van der Waals surface area contributed by atoms with Gasteiger partial charge in [-0.05, 0) is 100 Å². The zero-order chi connectivity index (χ0) is 28.2. The van der Waals surface area contributed by atoms with Crippen LogP contribution < -0.4 is 0 Å². The first-order chi connectivity index (χ1) is 20.7. The van der Waals surface area contributed by atoms with Crippen molar-refractivity contribution >= 4 is 53.9 Å². The molecule has 0 atom stereocenters. The minimum atomic E-state index is 1.09. The first-order valence-corrected chi connectivity index (χ1v) is 15.5. The van der Waals surface area contributed by atoms with Crippen molar-refractivity contribution < 1.29 is 0 Å². The lowest BCUT2D eigenvalue weighted by molar-refractivity contribution is 0.923. The van der Waals surface area contributed by atoms with Gasteiger partial charge < -0.3 is 0 Å². The maximum Gasteiger partial charge on any atom is -0.00201 e. The lowest BCUT2D eigenvalue weighted by Crippen LogP contribution is -1.95. The number of fused-ring (bicyclic) bond motifs is 2. The second-order valence-corrected chi connectivity index (χ2v) is 11.8. The van der Waals surface area contributed by atoms with Crippen molar-refractivity contribution in [3.63, 3.8) is 0 Å². The van der Waals surface area contributed by atoms with Crippen LogP contribution in [-0.4, -0.2) is 0 Å². The highest BCUT2D eigenvalue weighted by Gasteiger charge is 2.20. The van der Waals surface area contributed by atoms with Gasteiger partial charge in [0.25, 0.3) is 0 Å². The first-order valence-electron chi connectivity index (χ1n) is 15.5. The molecular formula is C42H34. The molecule has 0 amide bonds. The molecule has 42 heavy (non-hydrogen) atoms. The number of hydrogen-bond acceptors (Lipinski definition) is 0. The molecule has 0 aliphatic rings. The van der Waals surface area contributed by atoms with E-state index in [4.69, 9.17) is 0 Å². The van der Waals surface area contributed by atoms with Crippen molar-refractivity contribution in [1.29, 1.82) is 0 Å². The zero-order valence-corrected chi connectivity index (χ0v) is 24.4. The quantitative estimate of drug-likeness (QED) is 0.146. The van der Waals surface area contributed by atoms with Gasteiger partial charge in [0.2, 0.25) is 0 Å². The number of rotatable bonds is 6. The Morgan fingerprint density at radius 1 is 0.405 bits per heavy atom. The predicted octanol–water partition coefficient (Wildman–Crippen LogP) is 12.1. The fourth-order valence-corrected chi connectivity index (χ4v) is 7.37. The SMILES string of the molecule is CCCc1ccc2c(-c3ccc4ccc5cccc6ccc3c4c56)c3ccc(CCC)cc3c(-c3ccccc3)c2c1. The van der Waals surface area contributed by atoms with Crippen molar-refractivity contribution in [2.45, 2.75) is 39.5 Å². The second-order valence-electron chi connectivity index (χ2n) is 11.8. The number of aryl methyl sites for hydroxylation is 2. The standard InChI is InChI=1S/C42H34/c1-3-9-27-15-21-35-37(25-27)40(29-11-6-5-7-12-29)38-26-28(10-4-2)16-22-36(38)42(35)34-24-20-32-18-17-30-13-8-14-31-19-23-33(34)41(32)39(30)31/h5-8,11-26H,3-4,9-10H2,1-2H3. The molecule has 0 nitrogen and oxygen atoms in total. The van der Waals surface area contributed by atoms with E-state index in [9.17, 15) is 0 Å². The molecule has 0 heterocycles. The van der Waals surface area contributed by atoms with Gasteiger partial charge in [-0.15, -0.1) is 0 Å². The Morgan fingerprint density at radius 2 is 0.952 bits per heavy atom. The molecule has 0 bridgehead atoms. The van der Waals surface area contributed by atoms with Crippen LogP contribution in [0.5, 0.6) is 0 Å². The maximum atomic E-state index is 2.48. The number of hydrogen-bond donors (Lipinski definition) is 0. The molecule has 202 valence electrons. The van der Waals surface area contributed by atoms with Crippen LogP contribution >= 0.6 is 0 Å². The molecule has 0 radical (unpaired) electrons. The van der Waals surface area contributed by atoms with Crippen LogP contribution in [0.15, 0.2) is 121 Å². The monoisotopic (exact) mass is 538 g/mol. The van der Waals surface area contributed by atoms with Crippen LogP contribution in [0.25, 0.3) is 76.1 Å². The Hall–Kier alpha value is -4.68. The van der Waals surface area contributed by atoms with Crippen LogP contribution in [0, 0.1) is 0 Å². The molecule has 0 aliphatic heterocycles. The van der Waals surface area contributed by atoms with Crippen molar-refractivity contribution in [2.75, 3.05) is 0 Å². The van der Waals surface area contributed by atoms with Crippen LogP contribution in [0.4, 0.5) is 0 Å². The molecule has 0 spiro atoms. The van der Waals surface area contributed by atoms with Gasteiger partial charge >= 0.3 is 0 Å². The van der Waals surface area contributed by atoms with E-state index >= 15 is 0 Å². The molecule has 0 aromatic heterocycles. The summed E-state index contributed by atoms with van der Waals surface area (Å²) < 4.78 is 0. The fourth-order valence-electron chi connectivity index (χ4n) is 7.37. The first kappa shape index (κ1) is 25.1. The van der Waals surface area contributed by atoms with E-state index in [0.29, 0.717) is 0 Å². The molecular weight excluding hydrogens is 504 g/mol. The molecule has 8 rings (SSSR count). The van der Waals surface area contributed by atoms with Crippen LogP contribution in [0.2, 0.25) is 0 Å². The van der Waals surface area contributed by atoms with E-state index in [1.54, 1.807) is 0 Å². The second kappa shape index (κ2) is 10.00. The largest absolute Gasteiger partial charge is 0.0651 e. The topological polar surface area (TPSA) is 0 Å². The predicted molar refractivity (Wildman–Crippen MR) is 184 cm³/mol. The molecule has 8 aromatic rings. The minimum Gasteiger partial charge on any atom is -0.0651 e. The third-order valence-corrected chi connectivity index (χ3v) is 9.18. The third-order valence-electron chi connectivity index (χ3n) is 9.18. The van der Waals surface area contributed by atoms with E-state index in [2.05, 4.69) is 135 Å². The van der Waals surface area contributed by atoms with Crippen LogP contribution in [0.1, 0.15) is 37.8 Å². The van der Waals surface area contributed by atoms with Gasteiger partial charge in [-0.3, -0.25) is 0 Å². The summed E-state index contributed by atoms with van der Waals surface area (Å²) in [4.78, 5) is 0. The van der Waals surface area contributed by atoms with Gasteiger partial charge in [0.15, 0.2) is 0 Å². The van der Waals surface area contributed by atoms with Gasteiger partial charge in [0.1, 0.15) is 0 Å². The summed E-state index contributed by atoms with van der Waals surface area (Å²) in [6.45, 7) is 4.55. The summed E-state index contributed by atoms with van der Waals surface area (Å²) in [5.74, 6) is 0. The summed E-state index contributed by atoms with van der Waals surface area (Å²) in [5.41, 5.74) is 8.14. The summed E-state index contributed by atoms with van der Waals surface area (Å²) in [6.07, 6.45) is 4.46. The number of benzene rings is 8. The average Bonchev–Trinajstić information content (AvgIpc) is 3.03. The minimum absolute atomic E-state index is 1.09. The summed E-state index contributed by atoms with van der Waals surface area (Å²) >= 11 is 0. The summed E-state index contributed by atoms with van der Waals surface area (Å²) in [7, 11) is 0. The van der Waals surface area contributed by atoms with Crippen molar-refractivity contribution in [3.05, 3.63) is 132 Å². The smallest absolute Gasteiger partial charge is 0.00201 e. The van der Waals surface area contributed by atoms with Crippen molar-refractivity contribution in [1.82, 2.24) is 0 Å². The van der Waals surface area contributed by atoms with Gasteiger partial charge in [0.05, 0.1) is 0 Å². The normalized spacial score (nSPS) is 12.0. The molecule has 0 saturated carbocycles. The Balaban J connectivity index is 1.57. The Bertz CT molecular complexity index is 2170. The van der Waals surface area contributed by atoms with Crippen molar-refractivity contribution in [2.24, 2.45) is 0 Å². The lowest BCUT2D eigenvalue weighted by atomic mass is 9.82. The highest BCUT2D eigenvalue weighted by molar-refractivity contribution is 6.29. The molecule has 0 fully saturated rings. The van der Waals surface area contributed by atoms with Gasteiger partial charge in [0, 0.05) is 0 Å². The fraction of sp³-hybridized carbons (Fsp3) is 0.143. The van der Waals surface area contributed by atoms with E-state index in [-0.39, 0.29) is 0 Å². The summed E-state index contributed by atoms with van der Waals surface area (Å²) in [5, 5.41) is 13.4. The summed E-state index contributed by atoms with van der Waals surface area (Å²) in [6, 6.07) is 46.1. The Labute approximate surface area is 247 Å². The van der Waals surface area contributed by atoms with Crippen molar-refractivity contribution in [3.8, 4) is 22.3 Å². The third kappa shape index (κ3) is 3.82. The molecule has 8 aromatic carbocycles. The van der Waals surface area contributed by atoms with Gasteiger partial charge in [-0.2, -0.15) is 0 Å². The Morgan fingerprint density at radius 3 is 1.57 bits per heavy atom. The van der Waals surface area contributed by atoms with E-state index in [0.717, 1.165) is 25.7 Å². The molecule has 0 N–H and O–H groups in total. The molecule has 0 saturated heterocycles. The molecule has 0 heteroatoms. The van der Waals surface area contributed by atoms with Crippen LogP contribution in [-0.2, 0) is 12.8 Å². The van der Waals surface area contributed by atoms with E-state index in [1.807, 2.05) is 0 Å². The lowest BCUT2D eigenvalue weighted by Gasteiger charge is -2.21. The molecule has 0 unspecified atom stereocenters. The molecule has 0 aliphatic carbocycles. The Kier molecular flexibility index (Phi) is 5.97. The van der Waals surface area contributed by atoms with Gasteiger partial charge in [-0.1, -0.05) is 148 Å². The average molecular weight is 539 g/mol. The zero-order valence-electron chi connectivity index (χ0n) is 24.4. The van der Waals surface area contributed by atoms with Crippen LogP contribution in [0.3, 0.4) is 0 Å². The highest BCUT2D eigenvalue weighted by Crippen LogP contribution is 2.47. The maximum absolute atomic E-state index is 2.48. The van der Waals surface area contributed by atoms with Gasteiger partial charge in [-0.25, -0.2) is 0 Å². The highest BCUT2D eigenvalue weighted by atomic mass is 14.2.